The fourth-order valence-corrected chi connectivity index (χ4v) is 2.77. The number of esters is 1. The summed E-state index contributed by atoms with van der Waals surface area (Å²) in [6, 6.07) is 23.8. The SMILES string of the molecule is COc1ccc(/C=C\C(=O)OCCOc2ccc(/C=C\C(=O)c3ccccc3)cc2)cc1. The molecule has 32 heavy (non-hydrogen) atoms. The van der Waals surface area contributed by atoms with Crippen LogP contribution in [0.25, 0.3) is 12.2 Å². The summed E-state index contributed by atoms with van der Waals surface area (Å²) >= 11 is 0. The summed E-state index contributed by atoms with van der Waals surface area (Å²) in [6.45, 7) is 0.378. The van der Waals surface area contributed by atoms with Crippen LogP contribution in [-0.4, -0.2) is 32.1 Å². The summed E-state index contributed by atoms with van der Waals surface area (Å²) in [4.78, 5) is 23.9. The van der Waals surface area contributed by atoms with Gasteiger partial charge in [-0.2, -0.15) is 0 Å². The number of hydrogen-bond acceptors (Lipinski definition) is 5. The molecule has 5 heteroatoms. The van der Waals surface area contributed by atoms with E-state index in [2.05, 4.69) is 0 Å². The van der Waals surface area contributed by atoms with E-state index in [1.165, 1.54) is 6.08 Å². The number of benzene rings is 3. The van der Waals surface area contributed by atoms with Gasteiger partial charge in [0.25, 0.3) is 0 Å². The lowest BCUT2D eigenvalue weighted by Gasteiger charge is -2.06. The van der Waals surface area contributed by atoms with Crippen molar-refractivity contribution in [2.45, 2.75) is 0 Å². The summed E-state index contributed by atoms with van der Waals surface area (Å²) in [5.74, 6) is 0.926. The highest BCUT2D eigenvalue weighted by Gasteiger charge is 2.01. The number of methoxy groups -OCH3 is 1. The number of hydrogen-bond donors (Lipinski definition) is 0. The van der Waals surface area contributed by atoms with Crippen LogP contribution >= 0.6 is 0 Å². The Balaban J connectivity index is 1.38. The van der Waals surface area contributed by atoms with Crippen LogP contribution in [0.2, 0.25) is 0 Å². The van der Waals surface area contributed by atoms with Crippen LogP contribution in [0.3, 0.4) is 0 Å². The molecule has 0 fully saturated rings. The Kier molecular flexibility index (Phi) is 8.40. The number of carbonyl (C=O) groups is 2. The second kappa shape index (κ2) is 11.9. The summed E-state index contributed by atoms with van der Waals surface area (Å²) in [5, 5.41) is 0. The highest BCUT2D eigenvalue weighted by Crippen LogP contribution is 2.14. The van der Waals surface area contributed by atoms with Gasteiger partial charge in [-0.25, -0.2) is 4.79 Å². The molecule has 0 amide bonds. The molecule has 0 aliphatic heterocycles. The molecule has 0 saturated carbocycles. The molecule has 0 aliphatic carbocycles. The zero-order chi connectivity index (χ0) is 22.6. The molecule has 0 heterocycles. The summed E-state index contributed by atoms with van der Waals surface area (Å²) in [6.07, 6.45) is 6.36. The first-order chi connectivity index (χ1) is 15.6. The fraction of sp³-hybridized carbons (Fsp3) is 0.111. The average molecular weight is 428 g/mol. The molecule has 3 aromatic carbocycles. The smallest absolute Gasteiger partial charge is 0.330 e. The first-order valence-corrected chi connectivity index (χ1v) is 10.1. The molecule has 0 radical (unpaired) electrons. The second-order valence-corrected chi connectivity index (χ2v) is 6.76. The summed E-state index contributed by atoms with van der Waals surface area (Å²) in [7, 11) is 1.60. The molecule has 162 valence electrons. The normalized spacial score (nSPS) is 10.9. The third-order valence-electron chi connectivity index (χ3n) is 4.49. The van der Waals surface area contributed by atoms with Crippen molar-refractivity contribution in [3.05, 3.63) is 108 Å². The van der Waals surface area contributed by atoms with Gasteiger partial charge in [0.2, 0.25) is 0 Å². The molecular formula is C27H24O5. The largest absolute Gasteiger partial charge is 0.497 e. The lowest BCUT2D eigenvalue weighted by Crippen LogP contribution is -2.10. The third kappa shape index (κ3) is 7.29. The van der Waals surface area contributed by atoms with E-state index in [1.54, 1.807) is 49.6 Å². The predicted molar refractivity (Wildman–Crippen MR) is 125 cm³/mol. The topological polar surface area (TPSA) is 61.8 Å². The number of ether oxygens (including phenoxy) is 3. The van der Waals surface area contributed by atoms with Gasteiger partial charge in [0.1, 0.15) is 24.7 Å². The van der Waals surface area contributed by atoms with Gasteiger partial charge in [0.15, 0.2) is 5.78 Å². The molecule has 5 nitrogen and oxygen atoms in total. The molecule has 0 saturated heterocycles. The molecule has 3 aromatic rings. The third-order valence-corrected chi connectivity index (χ3v) is 4.49. The van der Waals surface area contributed by atoms with Gasteiger partial charge in [-0.3, -0.25) is 4.79 Å². The van der Waals surface area contributed by atoms with Crippen LogP contribution in [0.5, 0.6) is 11.5 Å². The van der Waals surface area contributed by atoms with Crippen molar-refractivity contribution in [3.8, 4) is 11.5 Å². The molecule has 0 atom stereocenters. The van der Waals surface area contributed by atoms with Gasteiger partial charge >= 0.3 is 5.97 Å². The zero-order valence-corrected chi connectivity index (χ0v) is 17.8. The molecule has 0 aliphatic rings. The highest BCUT2D eigenvalue weighted by molar-refractivity contribution is 6.06. The van der Waals surface area contributed by atoms with Crippen LogP contribution in [0.4, 0.5) is 0 Å². The Morgan fingerprint density at radius 2 is 1.31 bits per heavy atom. The van der Waals surface area contributed by atoms with Gasteiger partial charge in [-0.1, -0.05) is 60.7 Å². The molecule has 0 unspecified atom stereocenters. The molecular weight excluding hydrogens is 404 g/mol. The van der Waals surface area contributed by atoms with E-state index in [1.807, 2.05) is 54.6 Å². The number of carbonyl (C=O) groups excluding carboxylic acids is 2. The standard InChI is InChI=1S/C27H24O5/c1-30-24-13-7-22(8-14-24)12-18-27(29)32-20-19-31-25-15-9-21(10-16-25)11-17-26(28)23-5-3-2-4-6-23/h2-18H,19-20H2,1H3/b17-11-,18-12-. The van der Waals surface area contributed by atoms with Gasteiger partial charge in [0, 0.05) is 11.6 Å². The van der Waals surface area contributed by atoms with Crippen molar-refractivity contribution >= 4 is 23.9 Å². The van der Waals surface area contributed by atoms with Gasteiger partial charge in [-0.15, -0.1) is 0 Å². The van der Waals surface area contributed by atoms with E-state index >= 15 is 0 Å². The summed E-state index contributed by atoms with van der Waals surface area (Å²) in [5.41, 5.74) is 2.41. The Morgan fingerprint density at radius 3 is 1.94 bits per heavy atom. The monoisotopic (exact) mass is 428 g/mol. The zero-order valence-electron chi connectivity index (χ0n) is 17.8. The number of allylic oxidation sites excluding steroid dienone is 1. The van der Waals surface area contributed by atoms with Gasteiger partial charge < -0.3 is 14.2 Å². The van der Waals surface area contributed by atoms with Crippen molar-refractivity contribution in [2.24, 2.45) is 0 Å². The highest BCUT2D eigenvalue weighted by atomic mass is 16.6. The van der Waals surface area contributed by atoms with E-state index in [9.17, 15) is 9.59 Å². The first-order valence-electron chi connectivity index (χ1n) is 10.1. The Bertz CT molecular complexity index is 1070. The maximum atomic E-state index is 12.1. The van der Waals surface area contributed by atoms with Crippen molar-refractivity contribution in [3.63, 3.8) is 0 Å². The molecule has 0 spiro atoms. The van der Waals surface area contributed by atoms with Gasteiger partial charge in [-0.05, 0) is 47.5 Å². The van der Waals surface area contributed by atoms with E-state index in [0.29, 0.717) is 11.3 Å². The quantitative estimate of drug-likeness (QED) is 0.192. The minimum Gasteiger partial charge on any atom is -0.497 e. The minimum absolute atomic E-state index is 0.0474. The van der Waals surface area contributed by atoms with Crippen molar-refractivity contribution in [1.29, 1.82) is 0 Å². The van der Waals surface area contributed by atoms with Crippen molar-refractivity contribution < 1.29 is 23.8 Å². The summed E-state index contributed by atoms with van der Waals surface area (Å²) < 4.78 is 15.8. The molecule has 0 bridgehead atoms. The van der Waals surface area contributed by atoms with Crippen LogP contribution < -0.4 is 9.47 Å². The molecule has 3 rings (SSSR count). The lowest BCUT2D eigenvalue weighted by molar-refractivity contribution is -0.138. The minimum atomic E-state index is -0.437. The Hall–Kier alpha value is -4.12. The van der Waals surface area contributed by atoms with Crippen molar-refractivity contribution in [2.75, 3.05) is 20.3 Å². The van der Waals surface area contributed by atoms with E-state index < -0.39 is 5.97 Å². The van der Waals surface area contributed by atoms with Crippen LogP contribution in [0.15, 0.2) is 91.0 Å². The first kappa shape index (κ1) is 22.6. The Morgan fingerprint density at radius 1 is 0.719 bits per heavy atom. The van der Waals surface area contributed by atoms with Gasteiger partial charge in [0.05, 0.1) is 7.11 Å². The number of rotatable bonds is 10. The maximum absolute atomic E-state index is 12.1. The second-order valence-electron chi connectivity index (χ2n) is 6.76. The van der Waals surface area contributed by atoms with E-state index in [4.69, 9.17) is 14.2 Å². The molecule has 0 aromatic heterocycles. The van der Waals surface area contributed by atoms with E-state index in [0.717, 1.165) is 16.9 Å². The molecule has 0 N–H and O–H groups in total. The predicted octanol–water partition coefficient (Wildman–Crippen LogP) is 5.23. The Labute approximate surface area is 187 Å². The van der Waals surface area contributed by atoms with Crippen molar-refractivity contribution in [1.82, 2.24) is 0 Å². The number of ketones is 1. The fourth-order valence-electron chi connectivity index (χ4n) is 2.77. The maximum Gasteiger partial charge on any atom is 0.330 e. The van der Waals surface area contributed by atoms with Crippen LogP contribution in [0, 0.1) is 0 Å². The average Bonchev–Trinajstić information content (AvgIpc) is 2.85. The van der Waals surface area contributed by atoms with E-state index in [-0.39, 0.29) is 19.0 Å². The van der Waals surface area contributed by atoms with Crippen LogP contribution in [0.1, 0.15) is 21.5 Å². The van der Waals surface area contributed by atoms with Crippen LogP contribution in [-0.2, 0) is 9.53 Å². The lowest BCUT2D eigenvalue weighted by atomic mass is 10.1.